The minimum Gasteiger partial charge on any atom is -0.488 e. The summed E-state index contributed by atoms with van der Waals surface area (Å²) in [6.07, 6.45) is 1.07. The summed E-state index contributed by atoms with van der Waals surface area (Å²) in [7, 11) is 0. The van der Waals surface area contributed by atoms with Crippen LogP contribution in [-0.2, 0) is 0 Å². The van der Waals surface area contributed by atoms with Gasteiger partial charge in [0.25, 0.3) is 0 Å². The van der Waals surface area contributed by atoms with Gasteiger partial charge in [0.15, 0.2) is 0 Å². The van der Waals surface area contributed by atoms with Crippen LogP contribution < -0.4 is 10.1 Å². The van der Waals surface area contributed by atoms with Gasteiger partial charge >= 0.3 is 0 Å². The molecule has 0 aliphatic rings. The van der Waals surface area contributed by atoms with Crippen molar-refractivity contribution in [3.63, 3.8) is 0 Å². The first kappa shape index (κ1) is 14.3. The van der Waals surface area contributed by atoms with Crippen molar-refractivity contribution in [2.45, 2.75) is 39.3 Å². The summed E-state index contributed by atoms with van der Waals surface area (Å²) in [5.41, 5.74) is 0. The smallest absolute Gasteiger partial charge is 0.138 e. The molecule has 0 aromatic heterocycles. The number of benzene rings is 1. The van der Waals surface area contributed by atoms with Crippen LogP contribution in [0.5, 0.6) is 5.75 Å². The van der Waals surface area contributed by atoms with E-state index in [4.69, 9.17) is 16.3 Å². The zero-order valence-corrected chi connectivity index (χ0v) is 11.2. The number of nitrogens with one attached hydrogen (secondary N) is 1. The molecular weight excluding hydrogens is 241 g/mol. The van der Waals surface area contributed by atoms with Crippen molar-refractivity contribution in [1.29, 1.82) is 0 Å². The monoisotopic (exact) mass is 259 g/mol. The number of hydrogen-bond donors (Lipinski definition) is 1. The van der Waals surface area contributed by atoms with Crippen molar-refractivity contribution in [3.8, 4) is 5.75 Å². The Hall–Kier alpha value is -0.800. The van der Waals surface area contributed by atoms with Gasteiger partial charge in [-0.15, -0.1) is 0 Å². The average Bonchev–Trinajstić information content (AvgIpc) is 2.29. The molecule has 0 bridgehead atoms. The Labute approximate surface area is 107 Å². The van der Waals surface area contributed by atoms with E-state index < -0.39 is 0 Å². The van der Waals surface area contributed by atoms with Crippen LogP contribution in [0.2, 0.25) is 5.02 Å². The molecular formula is C13H19ClFNO. The molecule has 17 heavy (non-hydrogen) atoms. The average molecular weight is 260 g/mol. The molecule has 1 aromatic carbocycles. The third-order valence-electron chi connectivity index (χ3n) is 2.59. The van der Waals surface area contributed by atoms with Gasteiger partial charge in [0, 0.05) is 12.6 Å². The van der Waals surface area contributed by atoms with Gasteiger partial charge in [-0.05, 0) is 38.5 Å². The Morgan fingerprint density at radius 3 is 2.71 bits per heavy atom. The zero-order chi connectivity index (χ0) is 12.8. The lowest BCUT2D eigenvalue weighted by Crippen LogP contribution is -2.34. The van der Waals surface area contributed by atoms with Crippen molar-refractivity contribution in [1.82, 2.24) is 5.32 Å². The van der Waals surface area contributed by atoms with Crippen LogP contribution in [0.25, 0.3) is 0 Å². The molecule has 2 atom stereocenters. The van der Waals surface area contributed by atoms with Gasteiger partial charge in [0.05, 0.1) is 5.02 Å². The fourth-order valence-electron chi connectivity index (χ4n) is 1.34. The lowest BCUT2D eigenvalue weighted by Gasteiger charge is -2.18. The number of halogens is 2. The summed E-state index contributed by atoms with van der Waals surface area (Å²) in [6, 6.07) is 4.61. The molecule has 2 nitrogen and oxygen atoms in total. The largest absolute Gasteiger partial charge is 0.488 e. The Balaban J connectivity index is 2.47. The van der Waals surface area contributed by atoms with E-state index in [-0.39, 0.29) is 11.9 Å². The predicted octanol–water partition coefficient (Wildman–Crippen LogP) is 3.63. The molecule has 0 aliphatic heterocycles. The maximum Gasteiger partial charge on any atom is 0.138 e. The second kappa shape index (κ2) is 6.82. The van der Waals surface area contributed by atoms with E-state index in [1.165, 1.54) is 12.1 Å². The third kappa shape index (κ3) is 4.92. The highest BCUT2D eigenvalue weighted by atomic mass is 35.5. The number of rotatable bonds is 6. The molecule has 1 rings (SSSR count). The molecule has 0 radical (unpaired) electrons. The molecule has 1 aromatic rings. The van der Waals surface area contributed by atoms with Crippen LogP contribution in [-0.4, -0.2) is 18.7 Å². The second-order valence-corrected chi connectivity index (χ2v) is 4.63. The molecule has 2 unspecified atom stereocenters. The Kier molecular flexibility index (Phi) is 5.72. The van der Waals surface area contributed by atoms with Crippen LogP contribution in [0.15, 0.2) is 18.2 Å². The maximum absolute atomic E-state index is 12.8. The molecule has 1 N–H and O–H groups in total. The van der Waals surface area contributed by atoms with Gasteiger partial charge in [0.1, 0.15) is 17.7 Å². The van der Waals surface area contributed by atoms with Crippen LogP contribution in [0, 0.1) is 5.82 Å². The number of ether oxygens (including phenoxy) is 1. The normalized spacial score (nSPS) is 14.4. The van der Waals surface area contributed by atoms with Crippen molar-refractivity contribution >= 4 is 11.6 Å². The van der Waals surface area contributed by atoms with Crippen LogP contribution >= 0.6 is 11.6 Å². The highest BCUT2D eigenvalue weighted by Crippen LogP contribution is 2.25. The van der Waals surface area contributed by atoms with Gasteiger partial charge < -0.3 is 10.1 Å². The molecule has 0 heterocycles. The lowest BCUT2D eigenvalue weighted by atomic mass is 10.2. The Morgan fingerprint density at radius 2 is 2.12 bits per heavy atom. The molecule has 0 fully saturated rings. The molecule has 96 valence electrons. The van der Waals surface area contributed by atoms with Crippen molar-refractivity contribution in [2.24, 2.45) is 0 Å². The standard InChI is InChI=1S/C13H19ClFNO/c1-4-9(2)16-8-10(3)17-13-6-5-11(15)7-12(13)14/h5-7,9-10,16H,4,8H2,1-3H3. The predicted molar refractivity (Wildman–Crippen MR) is 69.3 cm³/mol. The highest BCUT2D eigenvalue weighted by molar-refractivity contribution is 6.32. The summed E-state index contributed by atoms with van der Waals surface area (Å²) in [4.78, 5) is 0. The second-order valence-electron chi connectivity index (χ2n) is 4.22. The Bertz CT molecular complexity index is 359. The van der Waals surface area contributed by atoms with E-state index in [9.17, 15) is 4.39 Å². The summed E-state index contributed by atoms with van der Waals surface area (Å²) >= 11 is 5.88. The van der Waals surface area contributed by atoms with Crippen molar-refractivity contribution in [3.05, 3.63) is 29.0 Å². The van der Waals surface area contributed by atoms with Gasteiger partial charge in [-0.2, -0.15) is 0 Å². The summed E-state index contributed by atoms with van der Waals surface area (Å²) in [5, 5.41) is 3.65. The van der Waals surface area contributed by atoms with E-state index in [0.717, 1.165) is 13.0 Å². The first-order valence-electron chi connectivity index (χ1n) is 5.88. The van der Waals surface area contributed by atoms with Crippen LogP contribution in [0.1, 0.15) is 27.2 Å². The minimum atomic E-state index is -0.354. The minimum absolute atomic E-state index is 0.00744. The van der Waals surface area contributed by atoms with Crippen molar-refractivity contribution < 1.29 is 9.13 Å². The highest BCUT2D eigenvalue weighted by Gasteiger charge is 2.09. The van der Waals surface area contributed by atoms with E-state index in [1.54, 1.807) is 6.07 Å². The van der Waals surface area contributed by atoms with Gasteiger partial charge in [-0.25, -0.2) is 4.39 Å². The van der Waals surface area contributed by atoms with Gasteiger partial charge in [0.2, 0.25) is 0 Å². The molecule has 0 saturated carbocycles. The van der Waals surface area contributed by atoms with E-state index in [2.05, 4.69) is 19.2 Å². The van der Waals surface area contributed by atoms with Gasteiger partial charge in [-0.3, -0.25) is 0 Å². The van der Waals surface area contributed by atoms with Crippen molar-refractivity contribution in [2.75, 3.05) is 6.54 Å². The molecule has 0 aliphatic carbocycles. The Morgan fingerprint density at radius 1 is 1.41 bits per heavy atom. The van der Waals surface area contributed by atoms with Crippen LogP contribution in [0.3, 0.4) is 0 Å². The molecule has 0 amide bonds. The molecule has 4 heteroatoms. The summed E-state index contributed by atoms with van der Waals surface area (Å²) < 4.78 is 18.5. The SMILES string of the molecule is CCC(C)NCC(C)Oc1ccc(F)cc1Cl. The topological polar surface area (TPSA) is 21.3 Å². The van der Waals surface area contributed by atoms with Crippen LogP contribution in [0.4, 0.5) is 4.39 Å². The van der Waals surface area contributed by atoms with E-state index >= 15 is 0 Å². The van der Waals surface area contributed by atoms with E-state index in [1.807, 2.05) is 6.92 Å². The van der Waals surface area contributed by atoms with Gasteiger partial charge in [-0.1, -0.05) is 18.5 Å². The molecule has 0 spiro atoms. The lowest BCUT2D eigenvalue weighted by molar-refractivity contribution is 0.212. The summed E-state index contributed by atoms with van der Waals surface area (Å²) in [5.74, 6) is 0.166. The summed E-state index contributed by atoms with van der Waals surface area (Å²) in [6.45, 7) is 6.94. The van der Waals surface area contributed by atoms with E-state index in [0.29, 0.717) is 16.8 Å². The fraction of sp³-hybridized carbons (Fsp3) is 0.538. The molecule has 0 saturated heterocycles. The fourth-order valence-corrected chi connectivity index (χ4v) is 1.55. The maximum atomic E-state index is 12.8. The quantitative estimate of drug-likeness (QED) is 0.842. The number of hydrogen-bond acceptors (Lipinski definition) is 2. The first-order valence-corrected chi connectivity index (χ1v) is 6.25. The first-order chi connectivity index (χ1) is 8.02. The third-order valence-corrected chi connectivity index (χ3v) is 2.88. The zero-order valence-electron chi connectivity index (χ0n) is 10.5.